The highest BCUT2D eigenvalue weighted by Gasteiger charge is 2.27. The van der Waals surface area contributed by atoms with E-state index in [2.05, 4.69) is 20.8 Å². The molecular weight excluding hydrogens is 228 g/mol. The number of esters is 1. The number of carbonyl (C=O) groups excluding carboxylic acids is 1. The molecule has 0 aliphatic rings. The van der Waals surface area contributed by atoms with Crippen LogP contribution in [0.1, 0.15) is 50.3 Å². The van der Waals surface area contributed by atoms with Crippen LogP contribution in [-0.2, 0) is 14.9 Å². The molecule has 1 aromatic carbocycles. The van der Waals surface area contributed by atoms with Gasteiger partial charge in [0.1, 0.15) is 5.75 Å². The molecule has 0 aliphatic carbocycles. The van der Waals surface area contributed by atoms with E-state index in [1.54, 1.807) is 12.1 Å². The second kappa shape index (κ2) is 5.01. The molecule has 0 saturated heterocycles. The molecule has 3 heteroatoms. The van der Waals surface area contributed by atoms with Crippen LogP contribution >= 0.6 is 0 Å². The number of benzene rings is 1. The molecule has 1 rings (SSSR count). The summed E-state index contributed by atoms with van der Waals surface area (Å²) in [5.74, 6) is -0.350. The zero-order valence-electron chi connectivity index (χ0n) is 12.0. The number of phenolic OH excluding ortho intramolecular Hbond substituents is 1. The van der Waals surface area contributed by atoms with E-state index < -0.39 is 0 Å². The fourth-order valence-electron chi connectivity index (χ4n) is 2.27. The SMILES string of the molecule is COC(=O)C(C)c1c(C)cc(O)cc1C(C)(C)C. The van der Waals surface area contributed by atoms with Crippen LogP contribution in [0.2, 0.25) is 0 Å². The molecule has 0 amide bonds. The van der Waals surface area contributed by atoms with Gasteiger partial charge in [0.05, 0.1) is 13.0 Å². The lowest BCUT2D eigenvalue weighted by molar-refractivity contribution is -0.142. The van der Waals surface area contributed by atoms with Crippen molar-refractivity contribution in [2.75, 3.05) is 7.11 Å². The van der Waals surface area contributed by atoms with Gasteiger partial charge < -0.3 is 9.84 Å². The molecule has 0 spiro atoms. The second-order valence-corrected chi connectivity index (χ2v) is 5.72. The molecule has 100 valence electrons. The number of aromatic hydroxyl groups is 1. The van der Waals surface area contributed by atoms with Crippen LogP contribution in [0.25, 0.3) is 0 Å². The molecular formula is C15H22O3. The summed E-state index contributed by atoms with van der Waals surface area (Å²) in [5.41, 5.74) is 2.71. The maximum Gasteiger partial charge on any atom is 0.312 e. The Bertz CT molecular complexity index is 456. The Morgan fingerprint density at radius 1 is 1.33 bits per heavy atom. The molecule has 3 nitrogen and oxygen atoms in total. The Labute approximate surface area is 109 Å². The Morgan fingerprint density at radius 3 is 2.33 bits per heavy atom. The summed E-state index contributed by atoms with van der Waals surface area (Å²) in [7, 11) is 1.39. The molecule has 18 heavy (non-hydrogen) atoms. The zero-order chi connectivity index (χ0) is 14.1. The van der Waals surface area contributed by atoms with Crippen molar-refractivity contribution in [3.05, 3.63) is 28.8 Å². The van der Waals surface area contributed by atoms with Crippen molar-refractivity contribution in [2.45, 2.75) is 46.0 Å². The van der Waals surface area contributed by atoms with Crippen molar-refractivity contribution in [1.82, 2.24) is 0 Å². The third-order valence-corrected chi connectivity index (χ3v) is 3.17. The first-order valence-electron chi connectivity index (χ1n) is 6.10. The number of carbonyl (C=O) groups is 1. The average molecular weight is 250 g/mol. The number of rotatable bonds is 2. The van der Waals surface area contributed by atoms with Crippen molar-refractivity contribution < 1.29 is 14.6 Å². The fourth-order valence-corrected chi connectivity index (χ4v) is 2.27. The fraction of sp³-hybridized carbons (Fsp3) is 0.533. The largest absolute Gasteiger partial charge is 0.508 e. The third kappa shape index (κ3) is 2.84. The predicted molar refractivity (Wildman–Crippen MR) is 72.0 cm³/mol. The summed E-state index contributed by atoms with van der Waals surface area (Å²) in [6, 6.07) is 3.42. The van der Waals surface area contributed by atoms with E-state index in [0.29, 0.717) is 0 Å². The minimum Gasteiger partial charge on any atom is -0.508 e. The maximum absolute atomic E-state index is 11.7. The van der Waals surface area contributed by atoms with Crippen molar-refractivity contribution in [3.63, 3.8) is 0 Å². The van der Waals surface area contributed by atoms with Gasteiger partial charge in [-0.3, -0.25) is 4.79 Å². The normalized spacial score (nSPS) is 13.2. The molecule has 0 radical (unpaired) electrons. The van der Waals surface area contributed by atoms with E-state index in [1.165, 1.54) is 7.11 Å². The van der Waals surface area contributed by atoms with Crippen molar-refractivity contribution in [3.8, 4) is 5.75 Å². The van der Waals surface area contributed by atoms with Crippen molar-refractivity contribution >= 4 is 5.97 Å². The highest BCUT2D eigenvalue weighted by molar-refractivity contribution is 5.79. The first-order valence-corrected chi connectivity index (χ1v) is 6.10. The van der Waals surface area contributed by atoms with Gasteiger partial charge in [0.2, 0.25) is 0 Å². The number of phenols is 1. The Morgan fingerprint density at radius 2 is 1.89 bits per heavy atom. The van der Waals surface area contributed by atoms with Crippen LogP contribution in [-0.4, -0.2) is 18.2 Å². The van der Waals surface area contributed by atoms with Gasteiger partial charge in [-0.15, -0.1) is 0 Å². The van der Waals surface area contributed by atoms with Crippen LogP contribution < -0.4 is 0 Å². The molecule has 0 aromatic heterocycles. The van der Waals surface area contributed by atoms with E-state index in [-0.39, 0.29) is 23.1 Å². The van der Waals surface area contributed by atoms with Gasteiger partial charge in [0.15, 0.2) is 0 Å². The molecule has 1 unspecified atom stereocenters. The van der Waals surface area contributed by atoms with Gasteiger partial charge in [-0.05, 0) is 48.1 Å². The highest BCUT2D eigenvalue weighted by Crippen LogP contribution is 2.36. The number of hydrogen-bond acceptors (Lipinski definition) is 3. The smallest absolute Gasteiger partial charge is 0.312 e. The van der Waals surface area contributed by atoms with Gasteiger partial charge in [-0.25, -0.2) is 0 Å². The predicted octanol–water partition coefficient (Wildman–Crippen LogP) is 3.27. The number of aryl methyl sites for hydroxylation is 1. The molecule has 0 fully saturated rings. The third-order valence-electron chi connectivity index (χ3n) is 3.17. The van der Waals surface area contributed by atoms with Gasteiger partial charge in [0, 0.05) is 0 Å². The van der Waals surface area contributed by atoms with E-state index in [9.17, 15) is 9.90 Å². The molecule has 1 aromatic rings. The second-order valence-electron chi connectivity index (χ2n) is 5.72. The topological polar surface area (TPSA) is 46.5 Å². The van der Waals surface area contributed by atoms with E-state index >= 15 is 0 Å². The first kappa shape index (κ1) is 14.6. The maximum atomic E-state index is 11.7. The average Bonchev–Trinajstić information content (AvgIpc) is 2.25. The Balaban J connectivity index is 3.46. The summed E-state index contributed by atoms with van der Waals surface area (Å²) in [5, 5.41) is 9.74. The number of ether oxygens (including phenoxy) is 1. The molecule has 1 atom stereocenters. The number of hydrogen-bond donors (Lipinski definition) is 1. The Hall–Kier alpha value is -1.51. The lowest BCUT2D eigenvalue weighted by atomic mass is 9.78. The van der Waals surface area contributed by atoms with Crippen molar-refractivity contribution in [1.29, 1.82) is 0 Å². The van der Waals surface area contributed by atoms with Gasteiger partial charge in [-0.1, -0.05) is 20.8 Å². The summed E-state index contributed by atoms with van der Waals surface area (Å²) in [6.07, 6.45) is 0. The van der Waals surface area contributed by atoms with Crippen LogP contribution in [0, 0.1) is 6.92 Å². The molecule has 0 bridgehead atoms. The monoisotopic (exact) mass is 250 g/mol. The summed E-state index contributed by atoms with van der Waals surface area (Å²) in [4.78, 5) is 11.7. The quantitative estimate of drug-likeness (QED) is 0.819. The highest BCUT2D eigenvalue weighted by atomic mass is 16.5. The van der Waals surface area contributed by atoms with E-state index in [4.69, 9.17) is 4.74 Å². The van der Waals surface area contributed by atoms with Crippen LogP contribution in [0.15, 0.2) is 12.1 Å². The Kier molecular flexibility index (Phi) is 4.05. The summed E-state index contributed by atoms with van der Waals surface area (Å²) >= 11 is 0. The standard InChI is InChI=1S/C15H22O3/c1-9-7-11(16)8-12(15(3,4)5)13(9)10(2)14(17)18-6/h7-8,10,16H,1-6H3. The van der Waals surface area contributed by atoms with Crippen LogP contribution in [0.5, 0.6) is 5.75 Å². The minimum absolute atomic E-state index is 0.138. The van der Waals surface area contributed by atoms with Crippen molar-refractivity contribution in [2.24, 2.45) is 0 Å². The van der Waals surface area contributed by atoms with Crippen LogP contribution in [0.3, 0.4) is 0 Å². The number of methoxy groups -OCH3 is 1. The minimum atomic E-state index is -0.329. The summed E-state index contributed by atoms with van der Waals surface area (Å²) < 4.78 is 4.82. The summed E-state index contributed by atoms with van der Waals surface area (Å²) in [6.45, 7) is 9.93. The van der Waals surface area contributed by atoms with Gasteiger partial charge in [-0.2, -0.15) is 0 Å². The van der Waals surface area contributed by atoms with Crippen LogP contribution in [0.4, 0.5) is 0 Å². The molecule has 0 aliphatic heterocycles. The van der Waals surface area contributed by atoms with E-state index in [1.807, 2.05) is 13.8 Å². The van der Waals surface area contributed by atoms with Gasteiger partial charge in [0.25, 0.3) is 0 Å². The molecule has 0 heterocycles. The van der Waals surface area contributed by atoms with E-state index in [0.717, 1.165) is 16.7 Å². The molecule has 1 N–H and O–H groups in total. The lowest BCUT2D eigenvalue weighted by Gasteiger charge is -2.27. The lowest BCUT2D eigenvalue weighted by Crippen LogP contribution is -2.20. The zero-order valence-corrected chi connectivity index (χ0v) is 12.0. The molecule has 0 saturated carbocycles. The first-order chi connectivity index (χ1) is 8.18. The van der Waals surface area contributed by atoms with Gasteiger partial charge >= 0.3 is 5.97 Å².